The fourth-order valence-corrected chi connectivity index (χ4v) is 5.62. The Hall–Kier alpha value is -0.790. The van der Waals surface area contributed by atoms with Gasteiger partial charge in [0.05, 0.1) is 13.1 Å². The highest BCUT2D eigenvalue weighted by atomic mass is 15.1. The molecule has 2 heteroatoms. The maximum Gasteiger partial charge on any atom is 0.256 e. The Morgan fingerprint density at radius 3 is 1.33 bits per heavy atom. The molecule has 0 N–H and O–H groups in total. The number of unbranched alkanes of at least 4 members (excludes halogenated alkanes) is 22. The van der Waals surface area contributed by atoms with E-state index in [0.717, 1.165) is 0 Å². The zero-order valence-corrected chi connectivity index (χ0v) is 25.3. The minimum Gasteiger partial charge on any atom is -0.234 e. The highest BCUT2D eigenvalue weighted by Gasteiger charge is 2.16. The number of imidazole rings is 1. The third-order valence-electron chi connectivity index (χ3n) is 8.10. The van der Waals surface area contributed by atoms with Crippen LogP contribution in [0.1, 0.15) is 187 Å². The fraction of sp³-hybridized carbons (Fsp3) is 0.912. The first-order chi connectivity index (χ1) is 17.8. The average Bonchev–Trinajstić information content (AvgIpc) is 3.27. The van der Waals surface area contributed by atoms with Crippen molar-refractivity contribution < 1.29 is 4.57 Å². The van der Waals surface area contributed by atoms with Gasteiger partial charge in [0.2, 0.25) is 0 Å². The summed E-state index contributed by atoms with van der Waals surface area (Å²) in [6.45, 7) is 9.39. The molecule has 0 bridgehead atoms. The first-order valence-corrected chi connectivity index (χ1v) is 16.9. The average molecular weight is 504 g/mol. The van der Waals surface area contributed by atoms with Crippen LogP contribution in [0.4, 0.5) is 0 Å². The van der Waals surface area contributed by atoms with E-state index in [9.17, 15) is 0 Å². The summed E-state index contributed by atoms with van der Waals surface area (Å²) in [5.74, 6) is 1.61. The van der Waals surface area contributed by atoms with E-state index in [1.54, 1.807) is 5.82 Å². The summed E-state index contributed by atoms with van der Waals surface area (Å²) < 4.78 is 5.23. The minimum absolute atomic E-state index is 1.23. The molecule has 0 aromatic carbocycles. The minimum atomic E-state index is 1.23. The van der Waals surface area contributed by atoms with Crippen LogP contribution in [0.2, 0.25) is 0 Å². The largest absolute Gasteiger partial charge is 0.256 e. The Balaban J connectivity index is 2.35. The lowest BCUT2D eigenvalue weighted by molar-refractivity contribution is -0.704. The Kier molecular flexibility index (Phi) is 23.9. The molecule has 2 nitrogen and oxygen atoms in total. The van der Waals surface area contributed by atoms with E-state index in [1.165, 1.54) is 180 Å². The monoisotopic (exact) mass is 504 g/mol. The molecular formula is C34H67N2+. The van der Waals surface area contributed by atoms with E-state index >= 15 is 0 Å². The van der Waals surface area contributed by atoms with Crippen LogP contribution in [-0.2, 0) is 19.5 Å². The fourth-order valence-electron chi connectivity index (χ4n) is 5.62. The third-order valence-corrected chi connectivity index (χ3v) is 8.10. The maximum atomic E-state index is 2.62. The second kappa shape index (κ2) is 25.8. The molecule has 0 radical (unpaired) electrons. The summed E-state index contributed by atoms with van der Waals surface area (Å²) in [5.41, 5.74) is 0. The molecule has 1 rings (SSSR count). The van der Waals surface area contributed by atoms with Crippen molar-refractivity contribution >= 4 is 0 Å². The zero-order valence-electron chi connectivity index (χ0n) is 25.3. The molecule has 0 saturated carbocycles. The molecule has 0 fully saturated rings. The van der Waals surface area contributed by atoms with Gasteiger partial charge in [-0.2, -0.15) is 0 Å². The molecule has 0 unspecified atom stereocenters. The molecule has 0 aliphatic heterocycles. The molecule has 0 spiro atoms. The van der Waals surface area contributed by atoms with Gasteiger partial charge in [-0.1, -0.05) is 149 Å². The molecule has 36 heavy (non-hydrogen) atoms. The van der Waals surface area contributed by atoms with Gasteiger partial charge in [-0.15, -0.1) is 0 Å². The van der Waals surface area contributed by atoms with Gasteiger partial charge in [0.1, 0.15) is 12.4 Å². The van der Waals surface area contributed by atoms with Crippen molar-refractivity contribution in [2.75, 3.05) is 0 Å². The number of aryl methyl sites for hydroxylation is 2. The van der Waals surface area contributed by atoms with Crippen molar-refractivity contribution in [3.8, 4) is 0 Å². The predicted molar refractivity (Wildman–Crippen MR) is 161 cm³/mol. The summed E-state index contributed by atoms with van der Waals surface area (Å²) in [4.78, 5) is 0. The van der Waals surface area contributed by atoms with Gasteiger partial charge < -0.3 is 0 Å². The summed E-state index contributed by atoms with van der Waals surface area (Å²) in [5, 5.41) is 0. The summed E-state index contributed by atoms with van der Waals surface area (Å²) in [6, 6.07) is 0. The van der Waals surface area contributed by atoms with Gasteiger partial charge in [0, 0.05) is 6.42 Å². The van der Waals surface area contributed by atoms with Gasteiger partial charge in [-0.3, -0.25) is 0 Å². The lowest BCUT2D eigenvalue weighted by atomic mass is 10.1. The van der Waals surface area contributed by atoms with Crippen LogP contribution in [0.3, 0.4) is 0 Å². The van der Waals surface area contributed by atoms with E-state index in [-0.39, 0.29) is 0 Å². The van der Waals surface area contributed by atoms with Crippen molar-refractivity contribution in [2.24, 2.45) is 0 Å². The van der Waals surface area contributed by atoms with Crippen LogP contribution in [-0.4, -0.2) is 4.57 Å². The zero-order chi connectivity index (χ0) is 25.9. The smallest absolute Gasteiger partial charge is 0.234 e. The van der Waals surface area contributed by atoms with Gasteiger partial charge in [0.25, 0.3) is 5.82 Å². The topological polar surface area (TPSA) is 8.81 Å². The second-order valence-corrected chi connectivity index (χ2v) is 11.6. The molecular weight excluding hydrogens is 436 g/mol. The number of hydrogen-bond donors (Lipinski definition) is 0. The molecule has 0 saturated heterocycles. The molecule has 1 heterocycles. The van der Waals surface area contributed by atoms with Gasteiger partial charge in [0.15, 0.2) is 0 Å². The third kappa shape index (κ3) is 18.5. The number of nitrogens with zero attached hydrogens (tertiary/aromatic N) is 2. The van der Waals surface area contributed by atoms with Crippen LogP contribution < -0.4 is 4.57 Å². The van der Waals surface area contributed by atoms with Crippen LogP contribution in [0.5, 0.6) is 0 Å². The Morgan fingerprint density at radius 2 is 0.861 bits per heavy atom. The van der Waals surface area contributed by atoms with Crippen LogP contribution >= 0.6 is 0 Å². The Labute approximate surface area is 228 Å². The molecule has 212 valence electrons. The predicted octanol–water partition coefficient (Wildman–Crippen LogP) is 11.1. The standard InChI is InChI=1S/C34H67N2/c1-4-7-10-13-16-18-19-20-23-26-29-34-35(30-27-24-21-15-12-9-6-3)32-33-36(34)31-28-25-22-17-14-11-8-5-2/h32-33H,4-31H2,1-3H3/q+1. The van der Waals surface area contributed by atoms with E-state index in [0.29, 0.717) is 0 Å². The number of hydrogen-bond acceptors (Lipinski definition) is 0. The van der Waals surface area contributed by atoms with Crippen molar-refractivity contribution in [3.05, 3.63) is 18.2 Å². The molecule has 0 aliphatic rings. The molecule has 0 amide bonds. The normalized spacial score (nSPS) is 11.5. The molecule has 1 aromatic heterocycles. The van der Waals surface area contributed by atoms with Crippen LogP contribution in [0.25, 0.3) is 0 Å². The van der Waals surface area contributed by atoms with Gasteiger partial charge in [-0.25, -0.2) is 9.13 Å². The molecule has 1 aromatic rings. The van der Waals surface area contributed by atoms with Crippen molar-refractivity contribution in [3.63, 3.8) is 0 Å². The van der Waals surface area contributed by atoms with Crippen LogP contribution in [0, 0.1) is 0 Å². The first kappa shape index (κ1) is 33.2. The quantitative estimate of drug-likeness (QED) is 0.0794. The molecule has 0 atom stereocenters. The highest BCUT2D eigenvalue weighted by molar-refractivity contribution is 4.84. The number of aromatic nitrogens is 2. The lowest BCUT2D eigenvalue weighted by Gasteiger charge is -2.07. The Morgan fingerprint density at radius 1 is 0.472 bits per heavy atom. The number of rotatable bonds is 28. The second-order valence-electron chi connectivity index (χ2n) is 11.6. The summed E-state index contributed by atoms with van der Waals surface area (Å²) in [7, 11) is 0. The SMILES string of the molecule is CCCCCCCCCCCCc1n(CCCCCCCCCC)cc[n+]1CCCCCCCCC. The first-order valence-electron chi connectivity index (χ1n) is 16.9. The van der Waals surface area contributed by atoms with Crippen molar-refractivity contribution in [1.29, 1.82) is 0 Å². The van der Waals surface area contributed by atoms with Gasteiger partial charge in [-0.05, 0) is 32.1 Å². The van der Waals surface area contributed by atoms with Crippen LogP contribution in [0.15, 0.2) is 12.4 Å². The van der Waals surface area contributed by atoms with Gasteiger partial charge >= 0.3 is 0 Å². The van der Waals surface area contributed by atoms with E-state index < -0.39 is 0 Å². The van der Waals surface area contributed by atoms with E-state index in [1.807, 2.05) is 0 Å². The highest BCUT2D eigenvalue weighted by Crippen LogP contribution is 2.14. The van der Waals surface area contributed by atoms with E-state index in [2.05, 4.69) is 42.3 Å². The van der Waals surface area contributed by atoms with Crippen molar-refractivity contribution in [1.82, 2.24) is 4.57 Å². The summed E-state index contributed by atoms with van der Waals surface area (Å²) in [6.07, 6.45) is 41.4. The van der Waals surface area contributed by atoms with Crippen molar-refractivity contribution in [2.45, 2.75) is 201 Å². The maximum absolute atomic E-state index is 2.62. The molecule has 0 aliphatic carbocycles. The van der Waals surface area contributed by atoms with E-state index in [4.69, 9.17) is 0 Å². The summed E-state index contributed by atoms with van der Waals surface area (Å²) >= 11 is 0. The Bertz CT molecular complexity index is 562. The lowest BCUT2D eigenvalue weighted by Crippen LogP contribution is -2.37.